The van der Waals surface area contributed by atoms with Crippen molar-refractivity contribution in [3.05, 3.63) is 53.7 Å². The van der Waals surface area contributed by atoms with E-state index in [9.17, 15) is 0 Å². The Balaban J connectivity index is 1.46. The van der Waals surface area contributed by atoms with E-state index < -0.39 is 0 Å². The number of hydrogen-bond acceptors (Lipinski definition) is 5. The van der Waals surface area contributed by atoms with E-state index in [1.54, 1.807) is 7.11 Å². The molecule has 5 rings (SSSR count). The summed E-state index contributed by atoms with van der Waals surface area (Å²) in [5.74, 6) is 1.86. The Labute approximate surface area is 152 Å². The molecule has 6 nitrogen and oxygen atoms in total. The van der Waals surface area contributed by atoms with Gasteiger partial charge in [0.15, 0.2) is 5.65 Å². The minimum absolute atomic E-state index is 0.253. The SMILES string of the molecule is COc1cccc2c1C1(CCN(c3nnc4ccccn34)CC1)OCC2. The van der Waals surface area contributed by atoms with Crippen molar-refractivity contribution >= 4 is 11.6 Å². The van der Waals surface area contributed by atoms with E-state index in [1.807, 2.05) is 34.9 Å². The van der Waals surface area contributed by atoms with Crippen LogP contribution in [0.5, 0.6) is 5.75 Å². The zero-order chi connectivity index (χ0) is 17.6. The average Bonchev–Trinajstić information content (AvgIpc) is 3.13. The van der Waals surface area contributed by atoms with Crippen LogP contribution in [0.2, 0.25) is 0 Å². The van der Waals surface area contributed by atoms with Crippen molar-refractivity contribution in [3.8, 4) is 5.75 Å². The third-order valence-corrected chi connectivity index (χ3v) is 5.69. The molecule has 0 aliphatic carbocycles. The summed E-state index contributed by atoms with van der Waals surface area (Å²) in [6, 6.07) is 12.3. The third-order valence-electron chi connectivity index (χ3n) is 5.69. The molecule has 0 atom stereocenters. The molecule has 0 radical (unpaired) electrons. The van der Waals surface area contributed by atoms with E-state index >= 15 is 0 Å². The highest BCUT2D eigenvalue weighted by molar-refractivity contribution is 5.49. The van der Waals surface area contributed by atoms with Crippen LogP contribution in [0.4, 0.5) is 5.95 Å². The van der Waals surface area contributed by atoms with Gasteiger partial charge in [-0.25, -0.2) is 0 Å². The summed E-state index contributed by atoms with van der Waals surface area (Å²) >= 11 is 0. The molecule has 1 saturated heterocycles. The van der Waals surface area contributed by atoms with Crippen molar-refractivity contribution < 1.29 is 9.47 Å². The first kappa shape index (κ1) is 15.6. The van der Waals surface area contributed by atoms with Crippen LogP contribution in [0.25, 0.3) is 5.65 Å². The van der Waals surface area contributed by atoms with Crippen LogP contribution in [0.1, 0.15) is 24.0 Å². The summed E-state index contributed by atoms with van der Waals surface area (Å²) in [6.07, 6.45) is 4.81. The molecule has 0 unspecified atom stereocenters. The van der Waals surface area contributed by atoms with Crippen molar-refractivity contribution in [3.63, 3.8) is 0 Å². The molecule has 0 bridgehead atoms. The second kappa shape index (κ2) is 5.99. The van der Waals surface area contributed by atoms with E-state index in [0.29, 0.717) is 0 Å². The van der Waals surface area contributed by atoms with Gasteiger partial charge in [0, 0.05) is 24.8 Å². The van der Waals surface area contributed by atoms with Gasteiger partial charge in [0.25, 0.3) is 0 Å². The summed E-state index contributed by atoms with van der Waals surface area (Å²) < 4.78 is 14.1. The van der Waals surface area contributed by atoms with Gasteiger partial charge in [-0.15, -0.1) is 10.2 Å². The van der Waals surface area contributed by atoms with E-state index in [1.165, 1.54) is 11.1 Å². The van der Waals surface area contributed by atoms with Crippen LogP contribution in [0.3, 0.4) is 0 Å². The Kier molecular flexibility index (Phi) is 3.60. The highest BCUT2D eigenvalue weighted by Crippen LogP contribution is 2.46. The lowest BCUT2D eigenvalue weighted by molar-refractivity contribution is -0.0781. The Hall–Kier alpha value is -2.60. The summed E-state index contributed by atoms with van der Waals surface area (Å²) in [7, 11) is 1.75. The van der Waals surface area contributed by atoms with E-state index in [-0.39, 0.29) is 5.60 Å². The highest BCUT2D eigenvalue weighted by Gasteiger charge is 2.43. The number of hydrogen-bond donors (Lipinski definition) is 0. The van der Waals surface area contributed by atoms with Gasteiger partial charge in [-0.3, -0.25) is 4.40 Å². The van der Waals surface area contributed by atoms with Crippen LogP contribution in [-0.4, -0.2) is 41.4 Å². The molecule has 2 aliphatic rings. The lowest BCUT2D eigenvalue weighted by atomic mass is 9.79. The van der Waals surface area contributed by atoms with Gasteiger partial charge in [0.1, 0.15) is 11.4 Å². The number of pyridine rings is 1. The lowest BCUT2D eigenvalue weighted by Crippen LogP contribution is -2.47. The van der Waals surface area contributed by atoms with Crippen molar-refractivity contribution in [1.29, 1.82) is 0 Å². The van der Waals surface area contributed by atoms with Crippen LogP contribution in [0, 0.1) is 0 Å². The number of piperidine rings is 1. The first-order chi connectivity index (χ1) is 12.8. The standard InChI is InChI=1S/C20H22N4O2/c1-25-16-6-4-5-15-8-14-26-20(18(15)16)9-12-23(13-10-20)19-22-21-17-7-2-3-11-24(17)19/h2-7,11H,8-10,12-14H2,1H3. The molecule has 0 saturated carbocycles. The summed E-state index contributed by atoms with van der Waals surface area (Å²) in [6.45, 7) is 2.54. The van der Waals surface area contributed by atoms with E-state index in [0.717, 1.165) is 56.3 Å². The maximum Gasteiger partial charge on any atom is 0.231 e. The molecule has 134 valence electrons. The molecular weight excluding hydrogens is 328 g/mol. The van der Waals surface area contributed by atoms with Crippen LogP contribution >= 0.6 is 0 Å². The number of fused-ring (bicyclic) bond motifs is 3. The summed E-state index contributed by atoms with van der Waals surface area (Å²) in [4.78, 5) is 2.30. The minimum Gasteiger partial charge on any atom is -0.496 e. The van der Waals surface area contributed by atoms with Gasteiger partial charge in [0.2, 0.25) is 5.95 Å². The number of ether oxygens (including phenoxy) is 2. The van der Waals surface area contributed by atoms with E-state index in [4.69, 9.17) is 9.47 Å². The number of benzene rings is 1. The monoisotopic (exact) mass is 350 g/mol. The zero-order valence-corrected chi connectivity index (χ0v) is 14.9. The van der Waals surface area contributed by atoms with Crippen molar-refractivity contribution in [2.24, 2.45) is 0 Å². The second-order valence-electron chi connectivity index (χ2n) is 7.00. The minimum atomic E-state index is -0.253. The Bertz CT molecular complexity index is 930. The molecule has 26 heavy (non-hydrogen) atoms. The van der Waals surface area contributed by atoms with Crippen molar-refractivity contribution in [2.75, 3.05) is 31.7 Å². The predicted octanol–water partition coefficient (Wildman–Crippen LogP) is 2.81. The Morgan fingerprint density at radius 1 is 1.08 bits per heavy atom. The molecule has 0 amide bonds. The number of methoxy groups -OCH3 is 1. The van der Waals surface area contributed by atoms with Gasteiger partial charge in [-0.1, -0.05) is 18.2 Å². The smallest absolute Gasteiger partial charge is 0.231 e. The molecule has 1 spiro atoms. The van der Waals surface area contributed by atoms with Gasteiger partial charge < -0.3 is 14.4 Å². The highest BCUT2D eigenvalue weighted by atomic mass is 16.5. The Morgan fingerprint density at radius 3 is 2.81 bits per heavy atom. The molecule has 3 aromatic rings. The molecule has 6 heteroatoms. The molecule has 2 aromatic heterocycles. The number of aromatic nitrogens is 3. The molecule has 0 N–H and O–H groups in total. The predicted molar refractivity (Wildman–Crippen MR) is 98.8 cm³/mol. The maximum absolute atomic E-state index is 6.38. The first-order valence-electron chi connectivity index (χ1n) is 9.16. The first-order valence-corrected chi connectivity index (χ1v) is 9.16. The topological polar surface area (TPSA) is 51.9 Å². The lowest BCUT2D eigenvalue weighted by Gasteiger charge is -2.45. The third kappa shape index (κ3) is 2.29. The molecular formula is C20H22N4O2. The molecule has 1 aromatic carbocycles. The van der Waals surface area contributed by atoms with Crippen LogP contribution in [-0.2, 0) is 16.8 Å². The fourth-order valence-electron chi connectivity index (χ4n) is 4.41. The molecule has 4 heterocycles. The van der Waals surface area contributed by atoms with E-state index in [2.05, 4.69) is 27.2 Å². The quantitative estimate of drug-likeness (QED) is 0.711. The number of nitrogens with zero attached hydrogens (tertiary/aromatic N) is 4. The van der Waals surface area contributed by atoms with Crippen LogP contribution in [0.15, 0.2) is 42.6 Å². The Morgan fingerprint density at radius 2 is 1.96 bits per heavy atom. The van der Waals surface area contributed by atoms with Gasteiger partial charge in [-0.2, -0.15) is 0 Å². The number of anilines is 1. The second-order valence-corrected chi connectivity index (χ2v) is 7.00. The van der Waals surface area contributed by atoms with Crippen molar-refractivity contribution in [1.82, 2.24) is 14.6 Å². The van der Waals surface area contributed by atoms with Gasteiger partial charge in [-0.05, 0) is 43.0 Å². The van der Waals surface area contributed by atoms with Crippen LogP contribution < -0.4 is 9.64 Å². The zero-order valence-electron chi connectivity index (χ0n) is 14.9. The normalized spacial score (nSPS) is 18.9. The fourth-order valence-corrected chi connectivity index (χ4v) is 4.41. The largest absolute Gasteiger partial charge is 0.496 e. The fraction of sp³-hybridized carbons (Fsp3) is 0.400. The molecule has 2 aliphatic heterocycles. The van der Waals surface area contributed by atoms with Gasteiger partial charge in [0.05, 0.1) is 13.7 Å². The number of rotatable bonds is 2. The summed E-state index contributed by atoms with van der Waals surface area (Å²) in [5.41, 5.74) is 3.23. The van der Waals surface area contributed by atoms with Crippen molar-refractivity contribution in [2.45, 2.75) is 24.9 Å². The maximum atomic E-state index is 6.38. The molecule has 1 fully saturated rings. The average molecular weight is 350 g/mol. The summed E-state index contributed by atoms with van der Waals surface area (Å²) in [5, 5.41) is 8.69. The van der Waals surface area contributed by atoms with Gasteiger partial charge >= 0.3 is 0 Å².